The Bertz CT molecular complexity index is 38.0. The standard InChI is InChI=1S/C4H11NO.C2H6O/c1-2-4(5)3-6;1-2-3/h4,6H,2-3,5H2,1H3;3H,2H2,1H3. The highest BCUT2D eigenvalue weighted by Crippen LogP contribution is 1.79. The summed E-state index contributed by atoms with van der Waals surface area (Å²) in [7, 11) is 0. The molecule has 3 nitrogen and oxygen atoms in total. The highest BCUT2D eigenvalue weighted by molar-refractivity contribution is 4.51. The van der Waals surface area contributed by atoms with Gasteiger partial charge in [-0.15, -0.1) is 0 Å². The zero-order valence-electron chi connectivity index (χ0n) is 6.17. The molecule has 0 aromatic rings. The van der Waals surface area contributed by atoms with Gasteiger partial charge in [0.15, 0.2) is 0 Å². The lowest BCUT2D eigenvalue weighted by Gasteiger charge is -1.98. The van der Waals surface area contributed by atoms with Gasteiger partial charge in [0.1, 0.15) is 0 Å². The Labute approximate surface area is 56.5 Å². The third kappa shape index (κ3) is 18.1. The molecule has 58 valence electrons. The van der Waals surface area contributed by atoms with Crippen molar-refractivity contribution in [3.8, 4) is 0 Å². The van der Waals surface area contributed by atoms with Gasteiger partial charge >= 0.3 is 0 Å². The molecule has 1 atom stereocenters. The largest absolute Gasteiger partial charge is 0.397 e. The lowest BCUT2D eigenvalue weighted by molar-refractivity contribution is 0.263. The zero-order chi connectivity index (χ0) is 7.70. The van der Waals surface area contributed by atoms with Crippen molar-refractivity contribution < 1.29 is 10.2 Å². The Hall–Kier alpha value is -0.120. The van der Waals surface area contributed by atoms with Crippen LogP contribution in [0.1, 0.15) is 20.3 Å². The topological polar surface area (TPSA) is 66.5 Å². The van der Waals surface area contributed by atoms with E-state index in [9.17, 15) is 0 Å². The zero-order valence-corrected chi connectivity index (χ0v) is 6.17. The second kappa shape index (κ2) is 10.8. The molecule has 0 saturated heterocycles. The van der Waals surface area contributed by atoms with Crippen molar-refractivity contribution in [2.24, 2.45) is 5.73 Å². The Kier molecular flexibility index (Phi) is 14.0. The van der Waals surface area contributed by atoms with Crippen molar-refractivity contribution in [3.05, 3.63) is 0 Å². The Morgan fingerprint density at radius 1 is 1.33 bits per heavy atom. The van der Waals surface area contributed by atoms with Crippen LogP contribution in [-0.4, -0.2) is 29.5 Å². The van der Waals surface area contributed by atoms with Crippen LogP contribution in [0.25, 0.3) is 0 Å². The maximum absolute atomic E-state index is 8.21. The first-order chi connectivity index (χ1) is 4.22. The maximum atomic E-state index is 8.21. The Morgan fingerprint density at radius 2 is 1.67 bits per heavy atom. The molecule has 0 aromatic carbocycles. The molecule has 0 bridgehead atoms. The third-order valence-electron chi connectivity index (χ3n) is 0.759. The molecule has 0 aliphatic rings. The fourth-order valence-corrected chi connectivity index (χ4v) is 0.129. The van der Waals surface area contributed by atoms with Gasteiger partial charge in [-0.2, -0.15) is 0 Å². The van der Waals surface area contributed by atoms with Crippen molar-refractivity contribution in [1.29, 1.82) is 0 Å². The Morgan fingerprint density at radius 3 is 1.67 bits per heavy atom. The normalized spacial score (nSPS) is 11.7. The molecule has 4 N–H and O–H groups in total. The first-order valence-electron chi connectivity index (χ1n) is 3.20. The molecule has 0 radical (unpaired) electrons. The summed E-state index contributed by atoms with van der Waals surface area (Å²) in [4.78, 5) is 0. The van der Waals surface area contributed by atoms with Crippen LogP contribution in [0, 0.1) is 0 Å². The van der Waals surface area contributed by atoms with Crippen molar-refractivity contribution in [2.75, 3.05) is 13.2 Å². The molecule has 0 aliphatic carbocycles. The molecule has 0 fully saturated rings. The van der Waals surface area contributed by atoms with Crippen LogP contribution in [0.4, 0.5) is 0 Å². The minimum Gasteiger partial charge on any atom is -0.397 e. The summed E-state index contributed by atoms with van der Waals surface area (Å²) < 4.78 is 0. The van der Waals surface area contributed by atoms with Crippen LogP contribution in [0.2, 0.25) is 0 Å². The van der Waals surface area contributed by atoms with Crippen LogP contribution < -0.4 is 5.73 Å². The second-order valence-electron chi connectivity index (χ2n) is 1.67. The number of aliphatic hydroxyl groups is 2. The summed E-state index contributed by atoms with van der Waals surface area (Å²) in [5, 5.41) is 15.8. The summed E-state index contributed by atoms with van der Waals surface area (Å²) in [6, 6.07) is -0.00926. The van der Waals surface area contributed by atoms with Gasteiger partial charge < -0.3 is 15.9 Å². The molecule has 9 heavy (non-hydrogen) atoms. The number of nitrogens with two attached hydrogens (primary N) is 1. The monoisotopic (exact) mass is 135 g/mol. The summed E-state index contributed by atoms with van der Waals surface area (Å²) >= 11 is 0. The summed E-state index contributed by atoms with van der Waals surface area (Å²) in [5.74, 6) is 0. The predicted octanol–water partition coefficient (Wildman–Crippen LogP) is -0.285. The van der Waals surface area contributed by atoms with Gasteiger partial charge in [0.05, 0.1) is 6.61 Å². The number of hydrogen-bond acceptors (Lipinski definition) is 3. The third-order valence-corrected chi connectivity index (χ3v) is 0.759. The molecule has 0 spiro atoms. The van der Waals surface area contributed by atoms with E-state index in [1.54, 1.807) is 6.92 Å². The highest BCUT2D eigenvalue weighted by Gasteiger charge is 1.90. The van der Waals surface area contributed by atoms with Gasteiger partial charge in [0.2, 0.25) is 0 Å². The van der Waals surface area contributed by atoms with Crippen LogP contribution in [0.15, 0.2) is 0 Å². The number of rotatable bonds is 2. The van der Waals surface area contributed by atoms with Gasteiger partial charge in [0.25, 0.3) is 0 Å². The maximum Gasteiger partial charge on any atom is 0.0582 e. The summed E-state index contributed by atoms with van der Waals surface area (Å²) in [6.07, 6.45) is 0.858. The molecule has 1 unspecified atom stereocenters. The first kappa shape index (κ1) is 11.6. The smallest absolute Gasteiger partial charge is 0.0582 e. The van der Waals surface area contributed by atoms with E-state index in [-0.39, 0.29) is 19.3 Å². The van der Waals surface area contributed by atoms with Crippen molar-refractivity contribution in [3.63, 3.8) is 0 Å². The second-order valence-corrected chi connectivity index (χ2v) is 1.67. The SMILES string of the molecule is CCC(N)CO.CCO. The quantitative estimate of drug-likeness (QED) is 0.487. The van der Waals surface area contributed by atoms with Crippen molar-refractivity contribution in [1.82, 2.24) is 0 Å². The van der Waals surface area contributed by atoms with E-state index >= 15 is 0 Å². The van der Waals surface area contributed by atoms with Gasteiger partial charge in [-0.05, 0) is 13.3 Å². The predicted molar refractivity (Wildman–Crippen MR) is 38.1 cm³/mol. The molecular formula is C6H17NO2. The van der Waals surface area contributed by atoms with Crippen LogP contribution in [0.5, 0.6) is 0 Å². The first-order valence-corrected chi connectivity index (χ1v) is 3.20. The van der Waals surface area contributed by atoms with Gasteiger partial charge in [-0.1, -0.05) is 6.92 Å². The van der Waals surface area contributed by atoms with E-state index in [2.05, 4.69) is 0 Å². The lowest BCUT2D eigenvalue weighted by atomic mass is 10.3. The molecule has 0 aliphatic heterocycles. The molecule has 3 heteroatoms. The fraction of sp³-hybridized carbons (Fsp3) is 1.00. The number of aliphatic hydroxyl groups excluding tert-OH is 2. The van der Waals surface area contributed by atoms with Gasteiger partial charge in [-0.3, -0.25) is 0 Å². The molecule has 0 rings (SSSR count). The van der Waals surface area contributed by atoms with Crippen LogP contribution in [0.3, 0.4) is 0 Å². The van der Waals surface area contributed by atoms with Gasteiger partial charge in [0, 0.05) is 12.6 Å². The molecule has 0 amide bonds. The van der Waals surface area contributed by atoms with E-state index in [1.165, 1.54) is 0 Å². The average molecular weight is 135 g/mol. The van der Waals surface area contributed by atoms with E-state index in [0.717, 1.165) is 6.42 Å². The molecule has 0 aromatic heterocycles. The van der Waals surface area contributed by atoms with E-state index in [0.29, 0.717) is 0 Å². The molecule has 0 saturated carbocycles. The summed E-state index contributed by atoms with van der Waals surface area (Å²) in [5.41, 5.74) is 5.22. The van der Waals surface area contributed by atoms with Crippen LogP contribution >= 0.6 is 0 Å². The Balaban J connectivity index is 0. The van der Waals surface area contributed by atoms with E-state index in [4.69, 9.17) is 15.9 Å². The minimum atomic E-state index is -0.00926. The van der Waals surface area contributed by atoms with Crippen molar-refractivity contribution in [2.45, 2.75) is 26.3 Å². The fourth-order valence-electron chi connectivity index (χ4n) is 0.129. The molecule has 0 heterocycles. The average Bonchev–Trinajstić information content (AvgIpc) is 1.88. The van der Waals surface area contributed by atoms with E-state index < -0.39 is 0 Å². The number of hydrogen-bond donors (Lipinski definition) is 3. The minimum absolute atomic E-state index is 0.00926. The molecular weight excluding hydrogens is 118 g/mol. The van der Waals surface area contributed by atoms with Crippen molar-refractivity contribution >= 4 is 0 Å². The van der Waals surface area contributed by atoms with Gasteiger partial charge in [-0.25, -0.2) is 0 Å². The summed E-state index contributed by atoms with van der Waals surface area (Å²) in [6.45, 7) is 3.98. The van der Waals surface area contributed by atoms with Crippen LogP contribution in [-0.2, 0) is 0 Å². The van der Waals surface area contributed by atoms with E-state index in [1.807, 2.05) is 6.92 Å². The highest BCUT2D eigenvalue weighted by atomic mass is 16.3. The lowest BCUT2D eigenvalue weighted by Crippen LogP contribution is -2.22.